The third-order valence-electron chi connectivity index (χ3n) is 6.86. The molecule has 3 N–H and O–H groups in total. The Morgan fingerprint density at radius 1 is 1.13 bits per heavy atom. The summed E-state index contributed by atoms with van der Waals surface area (Å²) < 4.78 is 5.69. The fraction of sp³-hybridized carbons (Fsp3) is 0.667. The lowest BCUT2D eigenvalue weighted by Gasteiger charge is -2.32. The van der Waals surface area contributed by atoms with Gasteiger partial charge in [-0.15, -0.1) is 0 Å². The molecule has 0 spiro atoms. The summed E-state index contributed by atoms with van der Waals surface area (Å²) in [5.74, 6) is 0.208. The van der Waals surface area contributed by atoms with Gasteiger partial charge in [0.2, 0.25) is 5.91 Å². The number of esters is 1. The first-order chi connectivity index (χ1) is 17.9. The number of nitrogens with zero attached hydrogens (tertiary/aromatic N) is 2. The van der Waals surface area contributed by atoms with E-state index in [0.29, 0.717) is 22.0 Å². The topological polar surface area (TPSA) is 103 Å². The zero-order valence-corrected chi connectivity index (χ0v) is 26.2. The third-order valence-corrected chi connectivity index (χ3v) is 7.09. The van der Waals surface area contributed by atoms with Crippen molar-refractivity contribution in [2.45, 2.75) is 105 Å². The second-order valence-electron chi connectivity index (χ2n) is 13.1. The molecule has 0 unspecified atom stereocenters. The summed E-state index contributed by atoms with van der Waals surface area (Å²) in [4.78, 5) is 31.6. The molecule has 1 aromatic rings. The van der Waals surface area contributed by atoms with Crippen LogP contribution in [0.5, 0.6) is 11.5 Å². The number of ether oxygens (including phenoxy) is 1. The van der Waals surface area contributed by atoms with Crippen LogP contribution in [-0.2, 0) is 15.0 Å². The van der Waals surface area contributed by atoms with Gasteiger partial charge in [0.05, 0.1) is 17.5 Å². The molecule has 1 amide bonds. The van der Waals surface area contributed by atoms with Crippen molar-refractivity contribution in [3.8, 4) is 11.5 Å². The number of phenols is 1. The summed E-state index contributed by atoms with van der Waals surface area (Å²) in [6, 6.07) is 2.89. The molecule has 9 heteroatoms. The Morgan fingerprint density at radius 3 is 2.28 bits per heavy atom. The Balaban J connectivity index is 2.30. The van der Waals surface area contributed by atoms with Gasteiger partial charge < -0.3 is 25.4 Å². The lowest BCUT2D eigenvalue weighted by molar-refractivity contribution is -0.143. The summed E-state index contributed by atoms with van der Waals surface area (Å²) in [5.41, 5.74) is 0.145. The van der Waals surface area contributed by atoms with Crippen LogP contribution in [0.4, 0.5) is 0 Å². The number of hydrogen-bond acceptors (Lipinski definition) is 6. The molecule has 0 radical (unpaired) electrons. The number of likely N-dealkylation sites (N-methyl/N-ethyl adjacent to an activating group) is 1. The fourth-order valence-electron chi connectivity index (χ4n) is 4.40. The molecule has 0 saturated heterocycles. The standard InChI is InChI=1S/C30H48N4O4S/c1-18(2)24(26(36)34(9)10)33-28(39)32-23-14-12-11-13-22(23)31-17-19-15-20(38-27(37)30(6,7)8)16-21(25(19)35)29(3,4)5/h15-18,22-24,35H,11-14H2,1-10H3,(H2,32,33,39)/t22-,23-,24-/m1/s1. The van der Waals surface area contributed by atoms with Crippen LogP contribution >= 0.6 is 12.2 Å². The van der Waals surface area contributed by atoms with E-state index >= 15 is 0 Å². The number of hydrogen-bond donors (Lipinski definition) is 3. The number of aromatic hydroxyl groups is 1. The molecular formula is C30H48N4O4S. The lowest BCUT2D eigenvalue weighted by Crippen LogP contribution is -2.55. The van der Waals surface area contributed by atoms with Crippen molar-refractivity contribution in [2.75, 3.05) is 14.1 Å². The van der Waals surface area contributed by atoms with Gasteiger partial charge in [0.15, 0.2) is 5.11 Å². The molecule has 1 aliphatic rings. The molecule has 218 valence electrons. The highest BCUT2D eigenvalue weighted by atomic mass is 32.1. The van der Waals surface area contributed by atoms with Crippen molar-refractivity contribution >= 4 is 35.4 Å². The lowest BCUT2D eigenvalue weighted by atomic mass is 9.85. The molecule has 39 heavy (non-hydrogen) atoms. The van der Waals surface area contributed by atoms with Crippen LogP contribution in [0.15, 0.2) is 17.1 Å². The highest BCUT2D eigenvalue weighted by Crippen LogP contribution is 2.37. The molecule has 1 aromatic carbocycles. The second kappa shape index (κ2) is 13.1. The Labute approximate surface area is 240 Å². The maximum atomic E-state index is 12.6. The molecule has 8 nitrogen and oxygen atoms in total. The maximum Gasteiger partial charge on any atom is 0.316 e. The first-order valence-electron chi connectivity index (χ1n) is 13.8. The van der Waals surface area contributed by atoms with E-state index in [1.165, 1.54) is 0 Å². The van der Waals surface area contributed by atoms with Crippen LogP contribution in [0.2, 0.25) is 0 Å². The van der Waals surface area contributed by atoms with E-state index in [4.69, 9.17) is 21.9 Å². The zero-order valence-electron chi connectivity index (χ0n) is 25.3. The highest BCUT2D eigenvalue weighted by molar-refractivity contribution is 7.80. The van der Waals surface area contributed by atoms with Gasteiger partial charge in [-0.2, -0.15) is 0 Å². The first-order valence-corrected chi connectivity index (χ1v) is 14.2. The Bertz CT molecular complexity index is 1070. The average Bonchev–Trinajstić information content (AvgIpc) is 2.81. The van der Waals surface area contributed by atoms with Gasteiger partial charge in [0, 0.05) is 31.4 Å². The Morgan fingerprint density at radius 2 is 1.74 bits per heavy atom. The number of aliphatic imine (C=N–C) groups is 1. The Hall–Kier alpha value is -2.68. The van der Waals surface area contributed by atoms with E-state index in [0.717, 1.165) is 25.7 Å². The normalized spacial score (nSPS) is 19.1. The molecule has 0 aromatic heterocycles. The minimum Gasteiger partial charge on any atom is -0.507 e. The monoisotopic (exact) mass is 560 g/mol. The number of thiocarbonyl (C=S) groups is 1. The van der Waals surface area contributed by atoms with Gasteiger partial charge in [-0.25, -0.2) is 0 Å². The quantitative estimate of drug-likeness (QED) is 0.188. The number of carbonyl (C=O) groups excluding carboxylic acids is 2. The number of carbonyl (C=O) groups is 2. The van der Waals surface area contributed by atoms with E-state index in [1.54, 1.807) is 58.1 Å². The van der Waals surface area contributed by atoms with Crippen LogP contribution in [0.3, 0.4) is 0 Å². The van der Waals surface area contributed by atoms with Crippen molar-refractivity contribution in [3.05, 3.63) is 23.3 Å². The zero-order chi connectivity index (χ0) is 29.7. The molecule has 1 saturated carbocycles. The third kappa shape index (κ3) is 9.19. The van der Waals surface area contributed by atoms with Crippen molar-refractivity contribution in [1.29, 1.82) is 0 Å². The van der Waals surface area contributed by atoms with Crippen LogP contribution in [0.25, 0.3) is 0 Å². The minimum atomic E-state index is -0.660. The minimum absolute atomic E-state index is 0.0107. The van der Waals surface area contributed by atoms with E-state index in [1.807, 2.05) is 34.6 Å². The van der Waals surface area contributed by atoms with Crippen LogP contribution < -0.4 is 15.4 Å². The van der Waals surface area contributed by atoms with E-state index in [-0.39, 0.29) is 41.0 Å². The summed E-state index contributed by atoms with van der Waals surface area (Å²) >= 11 is 5.60. The van der Waals surface area contributed by atoms with Crippen LogP contribution in [0, 0.1) is 11.3 Å². The smallest absolute Gasteiger partial charge is 0.316 e. The van der Waals surface area contributed by atoms with Gasteiger partial charge in [-0.3, -0.25) is 14.6 Å². The molecule has 0 heterocycles. The SMILES string of the molecule is CC(C)[C@@H](NC(=S)N[C@@H]1CCCC[C@H]1N=Cc1cc(OC(=O)C(C)(C)C)cc(C(C)(C)C)c1O)C(=O)N(C)C. The van der Waals surface area contributed by atoms with Crippen molar-refractivity contribution in [2.24, 2.45) is 16.3 Å². The first kappa shape index (κ1) is 32.5. The molecule has 0 aliphatic heterocycles. The molecular weight excluding hydrogens is 512 g/mol. The van der Waals surface area contributed by atoms with Crippen molar-refractivity contribution in [1.82, 2.24) is 15.5 Å². The maximum absolute atomic E-state index is 12.6. The van der Waals surface area contributed by atoms with Gasteiger partial charge >= 0.3 is 5.97 Å². The fourth-order valence-corrected chi connectivity index (χ4v) is 4.67. The number of rotatable bonds is 7. The summed E-state index contributed by atoms with van der Waals surface area (Å²) in [6.07, 6.45) is 5.52. The number of phenolic OH excluding ortho intramolecular Hbond substituents is 1. The molecule has 0 bridgehead atoms. The average molecular weight is 561 g/mol. The Kier molecular flexibility index (Phi) is 10.9. The molecule has 1 aliphatic carbocycles. The second-order valence-corrected chi connectivity index (χ2v) is 13.5. The largest absolute Gasteiger partial charge is 0.507 e. The molecule has 2 rings (SSSR count). The van der Waals surface area contributed by atoms with E-state index in [9.17, 15) is 14.7 Å². The van der Waals surface area contributed by atoms with Gasteiger partial charge in [-0.05, 0) is 69.3 Å². The number of nitrogens with one attached hydrogen (secondary N) is 2. The highest BCUT2D eigenvalue weighted by Gasteiger charge is 2.29. The molecule has 1 fully saturated rings. The predicted octanol–water partition coefficient (Wildman–Crippen LogP) is 4.95. The predicted molar refractivity (Wildman–Crippen MR) is 162 cm³/mol. The number of amides is 1. The van der Waals surface area contributed by atoms with Crippen molar-refractivity contribution in [3.63, 3.8) is 0 Å². The molecule has 3 atom stereocenters. The summed E-state index contributed by atoms with van der Waals surface area (Å²) in [5, 5.41) is 18.1. The summed E-state index contributed by atoms with van der Waals surface area (Å²) in [6.45, 7) is 15.4. The van der Waals surface area contributed by atoms with Gasteiger partial charge in [0.25, 0.3) is 0 Å². The van der Waals surface area contributed by atoms with Crippen molar-refractivity contribution < 1.29 is 19.4 Å². The summed E-state index contributed by atoms with van der Waals surface area (Å²) in [7, 11) is 3.47. The van der Waals surface area contributed by atoms with Gasteiger partial charge in [0.1, 0.15) is 17.5 Å². The van der Waals surface area contributed by atoms with E-state index < -0.39 is 11.5 Å². The van der Waals surface area contributed by atoms with Crippen LogP contribution in [0.1, 0.15) is 92.2 Å². The van der Waals surface area contributed by atoms with E-state index in [2.05, 4.69) is 10.6 Å². The van der Waals surface area contributed by atoms with Crippen LogP contribution in [-0.4, -0.2) is 65.4 Å². The number of benzene rings is 1. The van der Waals surface area contributed by atoms with Gasteiger partial charge in [-0.1, -0.05) is 47.5 Å².